The fraction of sp³-hybridized carbons (Fsp3) is 0.571. The Labute approximate surface area is 103 Å². The van der Waals surface area contributed by atoms with Gasteiger partial charge in [0.1, 0.15) is 5.75 Å². The molecule has 0 amide bonds. The van der Waals surface area contributed by atoms with E-state index in [2.05, 4.69) is 5.32 Å². The lowest BCUT2D eigenvalue weighted by Crippen LogP contribution is -2.22. The third kappa shape index (κ3) is 4.02. The Balaban J connectivity index is 1.74. The van der Waals surface area contributed by atoms with Gasteiger partial charge in [-0.25, -0.2) is 0 Å². The molecule has 3 nitrogen and oxygen atoms in total. The minimum absolute atomic E-state index is 0.454. The van der Waals surface area contributed by atoms with Crippen LogP contribution in [0.1, 0.15) is 30.9 Å². The van der Waals surface area contributed by atoms with Crippen LogP contribution < -0.4 is 10.1 Å². The Morgan fingerprint density at radius 3 is 3.00 bits per heavy atom. The van der Waals surface area contributed by atoms with Gasteiger partial charge in [-0.05, 0) is 36.6 Å². The molecule has 1 aromatic carbocycles. The van der Waals surface area contributed by atoms with Crippen LogP contribution in [0, 0.1) is 5.92 Å². The Morgan fingerprint density at radius 1 is 1.47 bits per heavy atom. The number of hydrogen-bond acceptors (Lipinski definition) is 3. The van der Waals surface area contributed by atoms with Gasteiger partial charge < -0.3 is 15.2 Å². The molecular formula is C14H21NO2. The zero-order valence-corrected chi connectivity index (χ0v) is 10.4. The summed E-state index contributed by atoms with van der Waals surface area (Å²) in [5.74, 6) is 1.73. The highest BCUT2D eigenvalue weighted by Gasteiger charge is 2.20. The van der Waals surface area contributed by atoms with Gasteiger partial charge in [0, 0.05) is 6.54 Å². The standard InChI is InChI=1S/C14H21NO2/c1-17-13-4-2-3-12(9-13)14(16)10-15-8-7-11-5-6-11/h2-4,9,11,14-16H,5-8,10H2,1H3. The number of rotatable bonds is 7. The maximum absolute atomic E-state index is 10.0. The Bertz CT molecular complexity index is 350. The van der Waals surface area contributed by atoms with Gasteiger partial charge in [-0.15, -0.1) is 0 Å². The normalized spacial score (nSPS) is 16.8. The van der Waals surface area contributed by atoms with Gasteiger partial charge in [-0.2, -0.15) is 0 Å². The van der Waals surface area contributed by atoms with Gasteiger partial charge in [0.05, 0.1) is 13.2 Å². The Kier molecular flexibility index (Phi) is 4.40. The van der Waals surface area contributed by atoms with Crippen LogP contribution in [0.2, 0.25) is 0 Å². The first-order chi connectivity index (χ1) is 8.29. The van der Waals surface area contributed by atoms with Crippen molar-refractivity contribution < 1.29 is 9.84 Å². The highest BCUT2D eigenvalue weighted by Crippen LogP contribution is 2.31. The zero-order valence-electron chi connectivity index (χ0n) is 10.4. The summed E-state index contributed by atoms with van der Waals surface area (Å²) < 4.78 is 5.14. The van der Waals surface area contributed by atoms with Crippen molar-refractivity contribution in [3.63, 3.8) is 0 Å². The second-order valence-corrected chi connectivity index (χ2v) is 4.73. The molecule has 1 aliphatic carbocycles. The van der Waals surface area contributed by atoms with Gasteiger partial charge in [0.2, 0.25) is 0 Å². The summed E-state index contributed by atoms with van der Waals surface area (Å²) in [4.78, 5) is 0. The van der Waals surface area contributed by atoms with E-state index >= 15 is 0 Å². The van der Waals surface area contributed by atoms with E-state index in [1.807, 2.05) is 24.3 Å². The molecule has 2 N–H and O–H groups in total. The molecule has 94 valence electrons. The molecular weight excluding hydrogens is 214 g/mol. The number of methoxy groups -OCH3 is 1. The molecule has 0 spiro atoms. The van der Waals surface area contributed by atoms with E-state index in [-0.39, 0.29) is 0 Å². The first-order valence-electron chi connectivity index (χ1n) is 6.32. The molecule has 0 bridgehead atoms. The quantitative estimate of drug-likeness (QED) is 0.711. The van der Waals surface area contributed by atoms with Crippen molar-refractivity contribution in [3.8, 4) is 5.75 Å². The Morgan fingerprint density at radius 2 is 2.29 bits per heavy atom. The monoisotopic (exact) mass is 235 g/mol. The molecule has 1 aliphatic rings. The van der Waals surface area contributed by atoms with Crippen molar-refractivity contribution in [3.05, 3.63) is 29.8 Å². The number of aliphatic hydroxyl groups is 1. The van der Waals surface area contributed by atoms with Gasteiger partial charge in [0.15, 0.2) is 0 Å². The van der Waals surface area contributed by atoms with Crippen LogP contribution in [-0.4, -0.2) is 25.3 Å². The second-order valence-electron chi connectivity index (χ2n) is 4.73. The molecule has 3 heteroatoms. The largest absolute Gasteiger partial charge is 0.497 e. The van der Waals surface area contributed by atoms with Gasteiger partial charge in [-0.3, -0.25) is 0 Å². The predicted molar refractivity (Wildman–Crippen MR) is 68.2 cm³/mol. The summed E-state index contributed by atoms with van der Waals surface area (Å²) >= 11 is 0. The average Bonchev–Trinajstić information content (AvgIpc) is 3.18. The summed E-state index contributed by atoms with van der Waals surface area (Å²) in [5, 5.41) is 13.3. The molecule has 1 unspecified atom stereocenters. The molecule has 1 aromatic rings. The molecule has 17 heavy (non-hydrogen) atoms. The second kappa shape index (κ2) is 6.03. The van der Waals surface area contributed by atoms with Crippen LogP contribution in [0.4, 0.5) is 0 Å². The fourth-order valence-corrected chi connectivity index (χ4v) is 1.92. The summed E-state index contributed by atoms with van der Waals surface area (Å²) in [6.07, 6.45) is 3.56. The van der Waals surface area contributed by atoms with E-state index in [0.717, 1.165) is 23.8 Å². The maximum Gasteiger partial charge on any atom is 0.119 e. The fourth-order valence-electron chi connectivity index (χ4n) is 1.92. The smallest absolute Gasteiger partial charge is 0.119 e. The highest BCUT2D eigenvalue weighted by atomic mass is 16.5. The molecule has 1 saturated carbocycles. The molecule has 0 aromatic heterocycles. The van der Waals surface area contributed by atoms with Crippen LogP contribution in [-0.2, 0) is 0 Å². The van der Waals surface area contributed by atoms with E-state index in [4.69, 9.17) is 4.74 Å². The first kappa shape index (κ1) is 12.4. The Hall–Kier alpha value is -1.06. The minimum atomic E-state index is -0.454. The van der Waals surface area contributed by atoms with Gasteiger partial charge in [0.25, 0.3) is 0 Å². The first-order valence-corrected chi connectivity index (χ1v) is 6.32. The van der Waals surface area contributed by atoms with Crippen LogP contribution in [0.15, 0.2) is 24.3 Å². The minimum Gasteiger partial charge on any atom is -0.497 e. The molecule has 0 heterocycles. The lowest BCUT2D eigenvalue weighted by Gasteiger charge is -2.13. The van der Waals surface area contributed by atoms with E-state index in [1.54, 1.807) is 7.11 Å². The molecule has 0 radical (unpaired) electrons. The topological polar surface area (TPSA) is 41.5 Å². The molecule has 0 aliphatic heterocycles. The lowest BCUT2D eigenvalue weighted by molar-refractivity contribution is 0.174. The van der Waals surface area contributed by atoms with Crippen LogP contribution >= 0.6 is 0 Å². The molecule has 2 rings (SSSR count). The van der Waals surface area contributed by atoms with Crippen molar-refractivity contribution >= 4 is 0 Å². The summed E-state index contributed by atoms with van der Waals surface area (Å²) in [6, 6.07) is 7.60. The van der Waals surface area contributed by atoms with Crippen molar-refractivity contribution in [2.75, 3.05) is 20.2 Å². The number of ether oxygens (including phenoxy) is 1. The molecule has 0 saturated heterocycles. The lowest BCUT2D eigenvalue weighted by atomic mass is 10.1. The van der Waals surface area contributed by atoms with Crippen LogP contribution in [0.3, 0.4) is 0 Å². The summed E-state index contributed by atoms with van der Waals surface area (Å²) in [7, 11) is 1.64. The van der Waals surface area contributed by atoms with Gasteiger partial charge >= 0.3 is 0 Å². The molecule has 1 atom stereocenters. The predicted octanol–water partition coefficient (Wildman–Crippen LogP) is 2.12. The van der Waals surface area contributed by atoms with E-state index in [9.17, 15) is 5.11 Å². The molecule has 1 fully saturated rings. The number of benzene rings is 1. The zero-order chi connectivity index (χ0) is 12.1. The number of hydrogen-bond donors (Lipinski definition) is 2. The summed E-state index contributed by atoms with van der Waals surface area (Å²) in [6.45, 7) is 1.62. The van der Waals surface area contributed by atoms with Gasteiger partial charge in [-0.1, -0.05) is 25.0 Å². The van der Waals surface area contributed by atoms with E-state index in [0.29, 0.717) is 6.54 Å². The number of aliphatic hydroxyl groups excluding tert-OH is 1. The van der Waals surface area contributed by atoms with E-state index in [1.165, 1.54) is 19.3 Å². The van der Waals surface area contributed by atoms with Crippen molar-refractivity contribution in [1.82, 2.24) is 5.32 Å². The SMILES string of the molecule is COc1cccc(C(O)CNCCC2CC2)c1. The third-order valence-electron chi connectivity index (χ3n) is 3.24. The van der Waals surface area contributed by atoms with Crippen LogP contribution in [0.25, 0.3) is 0 Å². The van der Waals surface area contributed by atoms with Crippen molar-refractivity contribution in [1.29, 1.82) is 0 Å². The highest BCUT2D eigenvalue weighted by molar-refractivity contribution is 5.29. The van der Waals surface area contributed by atoms with Crippen LogP contribution in [0.5, 0.6) is 5.75 Å². The van der Waals surface area contributed by atoms with Crippen molar-refractivity contribution in [2.45, 2.75) is 25.4 Å². The van der Waals surface area contributed by atoms with E-state index < -0.39 is 6.10 Å². The van der Waals surface area contributed by atoms with Crippen molar-refractivity contribution in [2.24, 2.45) is 5.92 Å². The average molecular weight is 235 g/mol. The third-order valence-corrected chi connectivity index (χ3v) is 3.24. The maximum atomic E-state index is 10.0. The summed E-state index contributed by atoms with van der Waals surface area (Å²) in [5.41, 5.74) is 0.906. The number of nitrogens with one attached hydrogen (secondary N) is 1.